The highest BCUT2D eigenvalue weighted by molar-refractivity contribution is 8.00. The smallest absolute Gasteiger partial charge is 0.217 e. The Morgan fingerprint density at radius 2 is 2.14 bits per heavy atom. The van der Waals surface area contributed by atoms with E-state index in [4.69, 9.17) is 11.6 Å². The van der Waals surface area contributed by atoms with Crippen molar-refractivity contribution in [2.75, 3.05) is 0 Å². The highest BCUT2D eigenvalue weighted by Gasteiger charge is 2.13. The lowest BCUT2D eigenvalue weighted by Gasteiger charge is -2.01. The van der Waals surface area contributed by atoms with Crippen LogP contribution in [0.2, 0.25) is 5.02 Å². The Morgan fingerprint density at radius 3 is 2.91 bits per heavy atom. The van der Waals surface area contributed by atoms with Crippen molar-refractivity contribution in [3.8, 4) is 10.9 Å². The number of aromatic nitrogens is 3. The van der Waals surface area contributed by atoms with Crippen molar-refractivity contribution < 1.29 is 9.90 Å². The maximum absolute atomic E-state index is 11.0. The molecule has 0 unspecified atom stereocenters. The SMILES string of the molecule is O=Cc1c(O)ccn1-c1nnc(SCc2ccccc2Cl)s1. The van der Waals surface area contributed by atoms with Gasteiger partial charge >= 0.3 is 0 Å². The van der Waals surface area contributed by atoms with Gasteiger partial charge in [0.1, 0.15) is 11.4 Å². The molecule has 8 heteroatoms. The van der Waals surface area contributed by atoms with E-state index in [0.717, 1.165) is 14.9 Å². The van der Waals surface area contributed by atoms with Crippen molar-refractivity contribution in [1.29, 1.82) is 0 Å². The number of benzene rings is 1. The molecule has 22 heavy (non-hydrogen) atoms. The number of carbonyl (C=O) groups is 1. The zero-order chi connectivity index (χ0) is 15.5. The summed E-state index contributed by atoms with van der Waals surface area (Å²) in [5.74, 6) is 0.613. The minimum atomic E-state index is -0.0736. The van der Waals surface area contributed by atoms with Crippen LogP contribution in [0.5, 0.6) is 5.75 Å². The molecule has 0 aliphatic rings. The van der Waals surface area contributed by atoms with E-state index in [1.54, 1.807) is 6.20 Å². The van der Waals surface area contributed by atoms with E-state index in [9.17, 15) is 9.90 Å². The van der Waals surface area contributed by atoms with Gasteiger partial charge in [-0.05, 0) is 17.7 Å². The zero-order valence-corrected chi connectivity index (χ0v) is 13.5. The molecule has 0 atom stereocenters. The number of halogens is 1. The van der Waals surface area contributed by atoms with E-state index in [-0.39, 0.29) is 11.4 Å². The van der Waals surface area contributed by atoms with Crippen LogP contribution in [-0.2, 0) is 5.75 Å². The van der Waals surface area contributed by atoms with Crippen molar-refractivity contribution >= 4 is 41.0 Å². The van der Waals surface area contributed by atoms with E-state index in [0.29, 0.717) is 17.2 Å². The average molecular weight is 352 g/mol. The van der Waals surface area contributed by atoms with Crippen LogP contribution in [0, 0.1) is 0 Å². The molecule has 0 spiro atoms. The van der Waals surface area contributed by atoms with E-state index in [2.05, 4.69) is 10.2 Å². The first-order chi connectivity index (χ1) is 10.7. The van der Waals surface area contributed by atoms with Crippen LogP contribution in [0.4, 0.5) is 0 Å². The summed E-state index contributed by atoms with van der Waals surface area (Å²) in [6, 6.07) is 9.08. The molecule has 2 heterocycles. The second-order valence-corrected chi connectivity index (χ2v) is 6.89. The van der Waals surface area contributed by atoms with Gasteiger partial charge in [-0.3, -0.25) is 9.36 Å². The number of nitrogens with zero attached hydrogens (tertiary/aromatic N) is 3. The maximum Gasteiger partial charge on any atom is 0.217 e. The molecule has 112 valence electrons. The third-order valence-corrected chi connectivity index (χ3v) is 5.40. The number of aromatic hydroxyl groups is 1. The molecule has 0 bridgehead atoms. The maximum atomic E-state index is 11.0. The summed E-state index contributed by atoms with van der Waals surface area (Å²) >= 11 is 8.98. The summed E-state index contributed by atoms with van der Waals surface area (Å²) in [6.45, 7) is 0. The Labute approximate surface area is 139 Å². The van der Waals surface area contributed by atoms with Crippen LogP contribution in [0.25, 0.3) is 5.13 Å². The van der Waals surface area contributed by atoms with Gasteiger partial charge < -0.3 is 5.11 Å². The number of rotatable bonds is 5. The molecule has 0 radical (unpaired) electrons. The summed E-state index contributed by atoms with van der Waals surface area (Å²) in [6.07, 6.45) is 2.18. The van der Waals surface area contributed by atoms with Crippen LogP contribution >= 0.6 is 34.7 Å². The number of hydrogen-bond acceptors (Lipinski definition) is 6. The standard InChI is InChI=1S/C14H10ClN3O2S2/c15-10-4-2-1-3-9(10)8-21-14-17-16-13(22-14)18-6-5-12(20)11(18)7-19/h1-7,20H,8H2. The number of carbonyl (C=O) groups excluding carboxylic acids is 1. The zero-order valence-electron chi connectivity index (χ0n) is 11.1. The molecule has 0 aliphatic carbocycles. The second kappa shape index (κ2) is 6.51. The van der Waals surface area contributed by atoms with Crippen LogP contribution in [0.3, 0.4) is 0 Å². The summed E-state index contributed by atoms with van der Waals surface area (Å²) in [7, 11) is 0. The molecule has 5 nitrogen and oxygen atoms in total. The van der Waals surface area contributed by atoms with Crippen molar-refractivity contribution in [3.63, 3.8) is 0 Å². The van der Waals surface area contributed by atoms with Crippen molar-refractivity contribution in [1.82, 2.24) is 14.8 Å². The fourth-order valence-corrected chi connectivity index (χ4v) is 3.96. The van der Waals surface area contributed by atoms with Crippen LogP contribution in [-0.4, -0.2) is 26.2 Å². The first kappa shape index (κ1) is 15.1. The summed E-state index contributed by atoms with van der Waals surface area (Å²) in [5.41, 5.74) is 1.19. The largest absolute Gasteiger partial charge is 0.506 e. The predicted molar refractivity (Wildman–Crippen MR) is 87.3 cm³/mol. The van der Waals surface area contributed by atoms with Gasteiger partial charge in [-0.1, -0.05) is 52.9 Å². The minimum absolute atomic E-state index is 0.0736. The highest BCUT2D eigenvalue weighted by Crippen LogP contribution is 2.31. The van der Waals surface area contributed by atoms with E-state index < -0.39 is 0 Å². The summed E-state index contributed by atoms with van der Waals surface area (Å²) < 4.78 is 2.28. The summed E-state index contributed by atoms with van der Waals surface area (Å²) in [4.78, 5) is 11.0. The highest BCUT2D eigenvalue weighted by atomic mass is 35.5. The molecule has 0 aliphatic heterocycles. The Kier molecular flexibility index (Phi) is 4.47. The first-order valence-electron chi connectivity index (χ1n) is 6.24. The molecule has 1 N–H and O–H groups in total. The fourth-order valence-electron chi connectivity index (χ4n) is 1.83. The van der Waals surface area contributed by atoms with Gasteiger partial charge in [0.15, 0.2) is 10.6 Å². The lowest BCUT2D eigenvalue weighted by molar-refractivity contribution is 0.111. The van der Waals surface area contributed by atoms with Crippen molar-refractivity contribution in [2.24, 2.45) is 0 Å². The normalized spacial score (nSPS) is 10.8. The van der Waals surface area contributed by atoms with Gasteiger partial charge in [0.2, 0.25) is 5.13 Å². The topological polar surface area (TPSA) is 68.0 Å². The van der Waals surface area contributed by atoms with Gasteiger partial charge in [-0.25, -0.2) is 0 Å². The second-order valence-electron chi connectivity index (χ2n) is 4.30. The number of hydrogen-bond donors (Lipinski definition) is 1. The quantitative estimate of drug-likeness (QED) is 0.559. The number of thioether (sulfide) groups is 1. The van der Waals surface area contributed by atoms with Gasteiger partial charge in [0, 0.05) is 17.0 Å². The van der Waals surface area contributed by atoms with Crippen LogP contribution in [0.15, 0.2) is 40.9 Å². The monoisotopic (exact) mass is 351 g/mol. The van der Waals surface area contributed by atoms with E-state index in [1.165, 1.54) is 33.7 Å². The Bertz CT molecular complexity index is 816. The molecule has 3 aromatic rings. The average Bonchev–Trinajstić information content (AvgIpc) is 3.12. The van der Waals surface area contributed by atoms with Gasteiger partial charge in [0.25, 0.3) is 0 Å². The van der Waals surface area contributed by atoms with Crippen molar-refractivity contribution in [2.45, 2.75) is 10.1 Å². The van der Waals surface area contributed by atoms with Gasteiger partial charge in [-0.2, -0.15) is 0 Å². The van der Waals surface area contributed by atoms with Gasteiger partial charge in [0.05, 0.1) is 0 Å². The van der Waals surface area contributed by atoms with E-state index >= 15 is 0 Å². The van der Waals surface area contributed by atoms with Crippen LogP contribution in [0.1, 0.15) is 16.1 Å². The predicted octanol–water partition coefficient (Wildman–Crippen LogP) is 3.79. The third-order valence-electron chi connectivity index (χ3n) is 2.93. The lowest BCUT2D eigenvalue weighted by atomic mass is 10.2. The molecule has 3 rings (SSSR count). The lowest BCUT2D eigenvalue weighted by Crippen LogP contribution is -1.96. The molecule has 0 saturated carbocycles. The molecule has 0 fully saturated rings. The molecule has 1 aromatic carbocycles. The fraction of sp³-hybridized carbons (Fsp3) is 0.0714. The Balaban J connectivity index is 1.77. The minimum Gasteiger partial charge on any atom is -0.506 e. The number of aldehydes is 1. The molecule has 2 aromatic heterocycles. The molecular weight excluding hydrogens is 342 g/mol. The molecular formula is C14H10ClN3O2S2. The van der Waals surface area contributed by atoms with Crippen molar-refractivity contribution in [3.05, 3.63) is 52.8 Å². The Hall–Kier alpha value is -1.83. The van der Waals surface area contributed by atoms with Crippen LogP contribution < -0.4 is 0 Å². The molecule has 0 amide bonds. The van der Waals surface area contributed by atoms with E-state index in [1.807, 2.05) is 24.3 Å². The summed E-state index contributed by atoms with van der Waals surface area (Å²) in [5, 5.41) is 19.0. The first-order valence-corrected chi connectivity index (χ1v) is 8.42. The Morgan fingerprint density at radius 1 is 1.32 bits per heavy atom. The molecule has 0 saturated heterocycles. The van der Waals surface area contributed by atoms with Gasteiger partial charge in [-0.15, -0.1) is 10.2 Å². The third kappa shape index (κ3) is 3.01.